The quantitative estimate of drug-likeness (QED) is 0.870. The van der Waals surface area contributed by atoms with Crippen molar-refractivity contribution in [3.05, 3.63) is 53.4 Å². The summed E-state index contributed by atoms with van der Waals surface area (Å²) in [4.78, 5) is 14.4. The molecule has 0 bridgehead atoms. The van der Waals surface area contributed by atoms with E-state index in [0.717, 1.165) is 18.8 Å². The van der Waals surface area contributed by atoms with Crippen molar-refractivity contribution in [1.29, 1.82) is 0 Å². The zero-order chi connectivity index (χ0) is 16.8. The van der Waals surface area contributed by atoms with E-state index in [1.54, 1.807) is 30.5 Å². The largest absolute Gasteiger partial charge is 0.468 e. The molecule has 2 amide bonds. The summed E-state index contributed by atoms with van der Waals surface area (Å²) < 4.78 is 10.9. The minimum absolute atomic E-state index is 0.0140. The normalized spacial score (nSPS) is 16.5. The van der Waals surface area contributed by atoms with Crippen LogP contribution in [0.1, 0.15) is 11.8 Å². The summed E-state index contributed by atoms with van der Waals surface area (Å²) in [6, 6.07) is 10.5. The number of hydrogen-bond donors (Lipinski definition) is 2. The molecular formula is C17H20ClN3O3. The maximum absolute atomic E-state index is 12.1. The molecule has 0 spiro atoms. The first-order valence-electron chi connectivity index (χ1n) is 7.88. The van der Waals surface area contributed by atoms with Crippen LogP contribution < -0.4 is 10.6 Å². The highest BCUT2D eigenvalue weighted by Crippen LogP contribution is 2.21. The third-order valence-electron chi connectivity index (χ3n) is 3.92. The Morgan fingerprint density at radius 2 is 1.96 bits per heavy atom. The molecule has 128 valence electrons. The van der Waals surface area contributed by atoms with Crippen molar-refractivity contribution in [2.24, 2.45) is 0 Å². The molecule has 2 N–H and O–H groups in total. The smallest absolute Gasteiger partial charge is 0.319 e. The third kappa shape index (κ3) is 4.50. The lowest BCUT2D eigenvalue weighted by molar-refractivity contribution is 0.0124. The Morgan fingerprint density at radius 1 is 1.21 bits per heavy atom. The first kappa shape index (κ1) is 16.8. The fourth-order valence-electron chi connectivity index (χ4n) is 2.68. The number of halogens is 1. The van der Waals surface area contributed by atoms with Gasteiger partial charge in [0.05, 0.1) is 25.5 Å². The molecule has 3 rings (SSSR count). The molecule has 1 saturated heterocycles. The molecule has 24 heavy (non-hydrogen) atoms. The highest BCUT2D eigenvalue weighted by Gasteiger charge is 2.25. The Morgan fingerprint density at radius 3 is 2.62 bits per heavy atom. The Labute approximate surface area is 145 Å². The van der Waals surface area contributed by atoms with Crippen molar-refractivity contribution in [1.82, 2.24) is 10.2 Å². The summed E-state index contributed by atoms with van der Waals surface area (Å²) in [5.41, 5.74) is 0.692. The summed E-state index contributed by atoms with van der Waals surface area (Å²) in [7, 11) is 0. The monoisotopic (exact) mass is 349 g/mol. The maximum atomic E-state index is 12.1. The van der Waals surface area contributed by atoms with Gasteiger partial charge in [0, 0.05) is 30.3 Å². The zero-order valence-corrected chi connectivity index (χ0v) is 14.0. The van der Waals surface area contributed by atoms with Crippen LogP contribution >= 0.6 is 11.6 Å². The second-order valence-electron chi connectivity index (χ2n) is 5.52. The summed E-state index contributed by atoms with van der Waals surface area (Å²) in [6.45, 7) is 3.45. The molecule has 7 heteroatoms. The Hall–Kier alpha value is -2.02. The molecule has 2 aromatic rings. The van der Waals surface area contributed by atoms with E-state index in [0.29, 0.717) is 30.5 Å². The van der Waals surface area contributed by atoms with Gasteiger partial charge in [-0.25, -0.2) is 4.79 Å². The van der Waals surface area contributed by atoms with Crippen LogP contribution in [-0.4, -0.2) is 43.8 Å². The molecule has 1 aromatic carbocycles. The summed E-state index contributed by atoms with van der Waals surface area (Å²) >= 11 is 5.84. The summed E-state index contributed by atoms with van der Waals surface area (Å²) in [6.07, 6.45) is 1.65. The van der Waals surface area contributed by atoms with Gasteiger partial charge in [-0.1, -0.05) is 11.6 Å². The molecular weight excluding hydrogens is 330 g/mol. The van der Waals surface area contributed by atoms with Crippen LogP contribution in [-0.2, 0) is 4.74 Å². The minimum atomic E-state index is -0.262. The predicted octanol–water partition coefficient (Wildman–Crippen LogP) is 3.13. The van der Waals surface area contributed by atoms with Crippen LogP contribution in [0.25, 0.3) is 0 Å². The number of hydrogen-bond acceptors (Lipinski definition) is 4. The fourth-order valence-corrected chi connectivity index (χ4v) is 2.80. The van der Waals surface area contributed by atoms with E-state index in [-0.39, 0.29) is 12.1 Å². The van der Waals surface area contributed by atoms with Gasteiger partial charge in [-0.15, -0.1) is 0 Å². The molecule has 1 fully saturated rings. The molecule has 6 nitrogen and oxygen atoms in total. The van der Waals surface area contributed by atoms with E-state index in [9.17, 15) is 4.79 Å². The Kier molecular flexibility index (Phi) is 5.74. The molecule has 1 aromatic heterocycles. The lowest BCUT2D eigenvalue weighted by atomic mass is 10.1. The van der Waals surface area contributed by atoms with Crippen LogP contribution in [0.5, 0.6) is 0 Å². The molecule has 1 aliphatic heterocycles. The molecule has 1 atom stereocenters. The molecule has 1 aliphatic rings. The number of ether oxygens (including phenoxy) is 1. The van der Waals surface area contributed by atoms with Gasteiger partial charge in [0.15, 0.2) is 0 Å². The number of nitrogens with zero attached hydrogens (tertiary/aromatic N) is 1. The molecule has 0 radical (unpaired) electrons. The predicted molar refractivity (Wildman–Crippen MR) is 92.3 cm³/mol. The average molecular weight is 350 g/mol. The van der Waals surface area contributed by atoms with E-state index < -0.39 is 0 Å². The summed E-state index contributed by atoms with van der Waals surface area (Å²) in [5, 5.41) is 6.33. The number of morpholine rings is 1. The van der Waals surface area contributed by atoms with Gasteiger partial charge < -0.3 is 19.8 Å². The number of furan rings is 1. The van der Waals surface area contributed by atoms with Gasteiger partial charge >= 0.3 is 6.03 Å². The lowest BCUT2D eigenvalue weighted by Gasteiger charge is -2.33. The van der Waals surface area contributed by atoms with E-state index in [2.05, 4.69) is 15.5 Å². The lowest BCUT2D eigenvalue weighted by Crippen LogP contribution is -2.44. The zero-order valence-electron chi connectivity index (χ0n) is 13.2. The van der Waals surface area contributed by atoms with Crippen LogP contribution in [0.3, 0.4) is 0 Å². The van der Waals surface area contributed by atoms with Crippen molar-refractivity contribution >= 4 is 23.3 Å². The van der Waals surface area contributed by atoms with Crippen molar-refractivity contribution in [2.75, 3.05) is 38.2 Å². The topological polar surface area (TPSA) is 66.7 Å². The van der Waals surface area contributed by atoms with Gasteiger partial charge in [0.25, 0.3) is 0 Å². The van der Waals surface area contributed by atoms with Crippen molar-refractivity contribution < 1.29 is 13.9 Å². The van der Waals surface area contributed by atoms with E-state index in [1.807, 2.05) is 12.1 Å². The highest BCUT2D eigenvalue weighted by molar-refractivity contribution is 6.30. The van der Waals surface area contributed by atoms with E-state index >= 15 is 0 Å². The Bertz CT molecular complexity index is 640. The Balaban J connectivity index is 1.58. The number of benzene rings is 1. The van der Waals surface area contributed by atoms with Crippen molar-refractivity contribution in [3.63, 3.8) is 0 Å². The van der Waals surface area contributed by atoms with Gasteiger partial charge in [-0.2, -0.15) is 0 Å². The first-order valence-corrected chi connectivity index (χ1v) is 8.26. The highest BCUT2D eigenvalue weighted by atomic mass is 35.5. The van der Waals surface area contributed by atoms with Gasteiger partial charge in [-0.05, 0) is 36.4 Å². The van der Waals surface area contributed by atoms with Crippen LogP contribution in [0, 0.1) is 0 Å². The number of carbonyl (C=O) groups is 1. The number of urea groups is 1. The summed E-state index contributed by atoms with van der Waals surface area (Å²) in [5.74, 6) is 0.837. The number of rotatable bonds is 5. The van der Waals surface area contributed by atoms with E-state index in [1.165, 1.54) is 0 Å². The second kappa shape index (κ2) is 8.19. The fraction of sp³-hybridized carbons (Fsp3) is 0.353. The molecule has 0 saturated carbocycles. The van der Waals surface area contributed by atoms with Crippen molar-refractivity contribution in [2.45, 2.75) is 6.04 Å². The number of anilines is 1. The second-order valence-corrected chi connectivity index (χ2v) is 5.96. The average Bonchev–Trinajstić information content (AvgIpc) is 3.12. The third-order valence-corrected chi connectivity index (χ3v) is 4.17. The number of amides is 2. The number of nitrogens with one attached hydrogen (secondary N) is 2. The molecule has 0 aliphatic carbocycles. The first-order chi connectivity index (χ1) is 11.7. The van der Waals surface area contributed by atoms with E-state index in [4.69, 9.17) is 20.8 Å². The van der Waals surface area contributed by atoms with Crippen molar-refractivity contribution in [3.8, 4) is 0 Å². The SMILES string of the molecule is O=C(NCC(c1ccco1)N1CCOCC1)Nc1ccc(Cl)cc1. The van der Waals surface area contributed by atoms with Crippen LogP contribution in [0.15, 0.2) is 47.1 Å². The maximum Gasteiger partial charge on any atom is 0.319 e. The van der Waals surface area contributed by atoms with Gasteiger partial charge in [0.1, 0.15) is 5.76 Å². The van der Waals surface area contributed by atoms with Gasteiger partial charge in [0.2, 0.25) is 0 Å². The van der Waals surface area contributed by atoms with Crippen LogP contribution in [0.4, 0.5) is 10.5 Å². The van der Waals surface area contributed by atoms with Crippen LogP contribution in [0.2, 0.25) is 5.02 Å². The minimum Gasteiger partial charge on any atom is -0.468 e. The molecule has 2 heterocycles. The standard InChI is InChI=1S/C17H20ClN3O3/c18-13-3-5-14(6-4-13)20-17(22)19-12-15(16-2-1-9-24-16)21-7-10-23-11-8-21/h1-6,9,15H,7-8,10-12H2,(H2,19,20,22). The molecule has 1 unspecified atom stereocenters. The van der Waals surface area contributed by atoms with Gasteiger partial charge in [-0.3, -0.25) is 4.90 Å². The number of carbonyl (C=O) groups excluding carboxylic acids is 1.